The molecule has 138 valence electrons. The lowest BCUT2D eigenvalue weighted by molar-refractivity contribution is -0.113. The summed E-state index contributed by atoms with van der Waals surface area (Å²) in [5.74, 6) is -0.146. The number of ketones is 1. The van der Waals surface area contributed by atoms with Crippen LogP contribution in [0.25, 0.3) is 10.2 Å². The molecule has 0 unspecified atom stereocenters. The minimum absolute atomic E-state index is 0.0291. The van der Waals surface area contributed by atoms with E-state index < -0.39 is 0 Å². The Kier molecular flexibility index (Phi) is 5.88. The number of thiophene rings is 1. The lowest BCUT2D eigenvalue weighted by Gasteiger charge is -2.10. The molecular weight excluding hydrogens is 382 g/mol. The summed E-state index contributed by atoms with van der Waals surface area (Å²) in [4.78, 5) is 40.6. The monoisotopic (exact) mass is 399 g/mol. The van der Waals surface area contributed by atoms with Gasteiger partial charge in [-0.25, -0.2) is 4.98 Å². The lowest BCUT2D eigenvalue weighted by Crippen LogP contribution is -2.23. The first-order chi connectivity index (χ1) is 13.0. The van der Waals surface area contributed by atoms with E-state index in [1.165, 1.54) is 34.6 Å². The van der Waals surface area contributed by atoms with Crippen LogP contribution < -0.4 is 10.9 Å². The van der Waals surface area contributed by atoms with E-state index in [0.717, 1.165) is 0 Å². The summed E-state index contributed by atoms with van der Waals surface area (Å²) in [6.45, 7) is 5.50. The summed E-state index contributed by atoms with van der Waals surface area (Å²) in [6, 6.07) is 8.49. The molecule has 3 rings (SSSR count). The van der Waals surface area contributed by atoms with Crippen molar-refractivity contribution in [3.63, 3.8) is 0 Å². The quantitative estimate of drug-likeness (QED) is 0.284. The van der Waals surface area contributed by atoms with Crippen molar-refractivity contribution >= 4 is 50.7 Å². The number of hydrogen-bond donors (Lipinski definition) is 1. The van der Waals surface area contributed by atoms with E-state index in [1.54, 1.807) is 36.4 Å². The van der Waals surface area contributed by atoms with Crippen LogP contribution in [0.15, 0.2) is 58.3 Å². The van der Waals surface area contributed by atoms with Gasteiger partial charge in [-0.3, -0.25) is 19.0 Å². The fourth-order valence-corrected chi connectivity index (χ4v) is 4.03. The fourth-order valence-electron chi connectivity index (χ4n) is 2.44. The number of benzene rings is 1. The molecule has 1 N–H and O–H groups in total. The maximum absolute atomic E-state index is 12.6. The molecule has 2 aromatic heterocycles. The van der Waals surface area contributed by atoms with E-state index >= 15 is 0 Å². The molecule has 0 fully saturated rings. The molecule has 0 aliphatic rings. The van der Waals surface area contributed by atoms with Crippen LogP contribution in [0, 0.1) is 0 Å². The number of carbonyl (C=O) groups excluding carboxylic acids is 2. The number of fused-ring (bicyclic) bond motifs is 1. The molecule has 3 aromatic rings. The van der Waals surface area contributed by atoms with Crippen molar-refractivity contribution in [2.24, 2.45) is 0 Å². The van der Waals surface area contributed by atoms with Gasteiger partial charge in [0.15, 0.2) is 10.9 Å². The Labute approximate surface area is 163 Å². The van der Waals surface area contributed by atoms with Gasteiger partial charge in [0.2, 0.25) is 5.91 Å². The molecule has 0 spiro atoms. The van der Waals surface area contributed by atoms with Gasteiger partial charge in [-0.1, -0.05) is 17.8 Å². The van der Waals surface area contributed by atoms with Crippen LogP contribution in [0.5, 0.6) is 0 Å². The molecule has 27 heavy (non-hydrogen) atoms. The third kappa shape index (κ3) is 4.35. The molecule has 0 bridgehead atoms. The normalized spacial score (nSPS) is 10.7. The number of rotatable bonds is 7. The average molecular weight is 399 g/mol. The van der Waals surface area contributed by atoms with Crippen molar-refractivity contribution in [1.29, 1.82) is 0 Å². The highest BCUT2D eigenvalue weighted by Gasteiger charge is 2.13. The van der Waals surface area contributed by atoms with E-state index in [2.05, 4.69) is 16.9 Å². The number of nitrogens with one attached hydrogen (secondary N) is 1. The molecule has 8 heteroatoms. The van der Waals surface area contributed by atoms with Crippen molar-refractivity contribution < 1.29 is 9.59 Å². The van der Waals surface area contributed by atoms with E-state index in [-0.39, 0.29) is 23.0 Å². The Bertz CT molecular complexity index is 1070. The van der Waals surface area contributed by atoms with Gasteiger partial charge in [0.25, 0.3) is 5.56 Å². The Balaban J connectivity index is 1.72. The second kappa shape index (κ2) is 8.32. The van der Waals surface area contributed by atoms with Crippen LogP contribution >= 0.6 is 23.1 Å². The maximum atomic E-state index is 12.6. The summed E-state index contributed by atoms with van der Waals surface area (Å²) < 4.78 is 2.11. The van der Waals surface area contributed by atoms with Gasteiger partial charge in [0, 0.05) is 17.8 Å². The van der Waals surface area contributed by atoms with Gasteiger partial charge < -0.3 is 5.32 Å². The molecule has 0 saturated heterocycles. The number of carbonyl (C=O) groups is 2. The highest BCUT2D eigenvalue weighted by Crippen LogP contribution is 2.21. The molecule has 2 heterocycles. The van der Waals surface area contributed by atoms with Gasteiger partial charge in [0.1, 0.15) is 4.70 Å². The predicted octanol–water partition coefficient (Wildman–Crippen LogP) is 3.58. The molecule has 1 amide bonds. The van der Waals surface area contributed by atoms with Gasteiger partial charge in [0.05, 0.1) is 11.3 Å². The highest BCUT2D eigenvalue weighted by molar-refractivity contribution is 7.99. The average Bonchev–Trinajstić information content (AvgIpc) is 3.12. The largest absolute Gasteiger partial charge is 0.325 e. The van der Waals surface area contributed by atoms with Crippen LogP contribution in [-0.2, 0) is 11.3 Å². The van der Waals surface area contributed by atoms with Crippen molar-refractivity contribution in [2.45, 2.75) is 18.6 Å². The standard InChI is InChI=1S/C19H17N3O3S2/c1-3-9-22-18(25)17-15(8-10-26-17)21-19(22)27-11-16(24)20-14-6-4-13(5-7-14)12(2)23/h3-8,10H,1,9,11H2,2H3,(H,20,24). The SMILES string of the molecule is C=CCn1c(SCC(=O)Nc2ccc(C(C)=O)cc2)nc2ccsc2c1=O. The summed E-state index contributed by atoms with van der Waals surface area (Å²) in [6.07, 6.45) is 1.63. The third-order valence-corrected chi connectivity index (χ3v) is 5.62. The Morgan fingerprint density at radius 1 is 1.30 bits per heavy atom. The topological polar surface area (TPSA) is 81.1 Å². The second-order valence-electron chi connectivity index (χ2n) is 5.70. The van der Waals surface area contributed by atoms with Gasteiger partial charge in [-0.05, 0) is 42.6 Å². The van der Waals surface area contributed by atoms with Crippen LogP contribution in [0.3, 0.4) is 0 Å². The van der Waals surface area contributed by atoms with Gasteiger partial charge in [-0.2, -0.15) is 0 Å². The third-order valence-electron chi connectivity index (χ3n) is 3.75. The number of aromatic nitrogens is 2. The summed E-state index contributed by atoms with van der Waals surface area (Å²) >= 11 is 2.55. The highest BCUT2D eigenvalue weighted by atomic mass is 32.2. The molecule has 0 saturated carbocycles. The van der Waals surface area contributed by atoms with Crippen LogP contribution in [0.4, 0.5) is 5.69 Å². The lowest BCUT2D eigenvalue weighted by atomic mass is 10.1. The zero-order chi connectivity index (χ0) is 19.4. The number of hydrogen-bond acceptors (Lipinski definition) is 6. The minimum atomic E-state index is -0.222. The smallest absolute Gasteiger partial charge is 0.272 e. The fraction of sp³-hybridized carbons (Fsp3) is 0.158. The molecule has 1 aromatic carbocycles. The van der Waals surface area contributed by atoms with Gasteiger partial charge in [-0.15, -0.1) is 17.9 Å². The second-order valence-corrected chi connectivity index (χ2v) is 7.56. The van der Waals surface area contributed by atoms with Crippen LogP contribution in [0.2, 0.25) is 0 Å². The molecule has 0 radical (unpaired) electrons. The van der Waals surface area contributed by atoms with E-state index in [1.807, 2.05) is 5.38 Å². The number of anilines is 1. The number of nitrogens with zero attached hydrogens (tertiary/aromatic N) is 2. The van der Waals surface area contributed by atoms with E-state index in [4.69, 9.17) is 0 Å². The Hall–Kier alpha value is -2.71. The Morgan fingerprint density at radius 3 is 2.70 bits per heavy atom. The minimum Gasteiger partial charge on any atom is -0.325 e. The number of thioether (sulfide) groups is 1. The van der Waals surface area contributed by atoms with E-state index in [9.17, 15) is 14.4 Å². The first kappa shape index (κ1) is 19.1. The molecule has 6 nitrogen and oxygen atoms in total. The number of Topliss-reactive ketones (excluding diaryl/α,β-unsaturated/α-hetero) is 1. The molecular formula is C19H17N3O3S2. The number of amides is 1. The maximum Gasteiger partial charge on any atom is 0.272 e. The first-order valence-electron chi connectivity index (χ1n) is 8.12. The Morgan fingerprint density at radius 2 is 2.04 bits per heavy atom. The predicted molar refractivity (Wildman–Crippen MR) is 110 cm³/mol. The van der Waals surface area contributed by atoms with E-state index in [0.29, 0.717) is 33.2 Å². The summed E-state index contributed by atoms with van der Waals surface area (Å²) in [5, 5.41) is 5.07. The zero-order valence-corrected chi connectivity index (χ0v) is 16.2. The van der Waals surface area contributed by atoms with Crippen molar-refractivity contribution in [2.75, 3.05) is 11.1 Å². The summed E-state index contributed by atoms with van der Waals surface area (Å²) in [7, 11) is 0. The van der Waals surface area contributed by atoms with Gasteiger partial charge >= 0.3 is 0 Å². The van der Waals surface area contributed by atoms with Crippen LogP contribution in [-0.4, -0.2) is 27.0 Å². The molecule has 0 aliphatic heterocycles. The molecule has 0 aliphatic carbocycles. The molecule has 0 atom stereocenters. The van der Waals surface area contributed by atoms with Crippen molar-refractivity contribution in [3.05, 3.63) is 64.3 Å². The zero-order valence-electron chi connectivity index (χ0n) is 14.6. The van der Waals surface area contributed by atoms with Crippen LogP contribution in [0.1, 0.15) is 17.3 Å². The first-order valence-corrected chi connectivity index (χ1v) is 9.98. The summed E-state index contributed by atoms with van der Waals surface area (Å²) in [5.41, 5.74) is 1.70. The van der Waals surface area contributed by atoms with Crippen molar-refractivity contribution in [3.8, 4) is 0 Å². The number of allylic oxidation sites excluding steroid dienone is 1. The van der Waals surface area contributed by atoms with Crippen molar-refractivity contribution in [1.82, 2.24) is 9.55 Å².